The van der Waals surface area contributed by atoms with E-state index in [1.54, 1.807) is 0 Å². The van der Waals surface area contributed by atoms with Gasteiger partial charge in [-0.1, -0.05) is 72.1 Å². The zero-order valence-corrected chi connectivity index (χ0v) is 12.9. The van der Waals surface area contributed by atoms with Gasteiger partial charge in [-0.2, -0.15) is 0 Å². The lowest BCUT2D eigenvalue weighted by Crippen LogP contribution is -2.10. The highest BCUT2D eigenvalue weighted by Gasteiger charge is 2.10. The highest BCUT2D eigenvalue weighted by Crippen LogP contribution is 2.26. The smallest absolute Gasteiger partial charge is 0.0513 e. The van der Waals surface area contributed by atoms with Crippen molar-refractivity contribution in [1.82, 2.24) is 0 Å². The molecule has 2 heteroatoms. The molecule has 0 saturated carbocycles. The number of benzene rings is 2. The molecule has 0 radical (unpaired) electrons. The van der Waals surface area contributed by atoms with Crippen LogP contribution < -0.4 is 5.32 Å². The molecule has 1 atom stereocenters. The van der Waals surface area contributed by atoms with E-state index in [1.165, 1.54) is 24.1 Å². The van der Waals surface area contributed by atoms with Gasteiger partial charge in [0, 0.05) is 10.2 Å². The van der Waals surface area contributed by atoms with Crippen LogP contribution in [0.4, 0.5) is 5.69 Å². The maximum Gasteiger partial charge on any atom is 0.0513 e. The first-order chi connectivity index (χ1) is 9.29. The molecule has 2 aromatic rings. The van der Waals surface area contributed by atoms with Gasteiger partial charge in [0.2, 0.25) is 0 Å². The third-order valence-electron chi connectivity index (χ3n) is 3.21. The second kappa shape index (κ2) is 7.34. The zero-order valence-electron chi connectivity index (χ0n) is 11.3. The Kier molecular flexibility index (Phi) is 5.46. The number of nitrogens with one attached hydrogen (secondary N) is 1. The highest BCUT2D eigenvalue weighted by atomic mass is 79.9. The van der Waals surface area contributed by atoms with Crippen molar-refractivity contribution in [2.45, 2.75) is 32.2 Å². The van der Waals surface area contributed by atoms with Crippen molar-refractivity contribution in [2.24, 2.45) is 0 Å². The fourth-order valence-corrected chi connectivity index (χ4v) is 2.59. The Morgan fingerprint density at radius 3 is 2.53 bits per heavy atom. The standard InChI is InChI=1S/C17H20BrN/c1-2-3-12-17(14-8-5-4-6-9-14)19-16-11-7-10-15(18)13-16/h4-11,13,17,19H,2-3,12H2,1H3. The molecule has 1 unspecified atom stereocenters. The quantitative estimate of drug-likeness (QED) is 0.710. The molecule has 0 heterocycles. The summed E-state index contributed by atoms with van der Waals surface area (Å²) in [5.74, 6) is 0. The molecule has 100 valence electrons. The van der Waals surface area contributed by atoms with Crippen molar-refractivity contribution in [3.63, 3.8) is 0 Å². The van der Waals surface area contributed by atoms with Gasteiger partial charge in [0.05, 0.1) is 6.04 Å². The van der Waals surface area contributed by atoms with Crippen LogP contribution in [0.15, 0.2) is 59.1 Å². The Morgan fingerprint density at radius 2 is 1.84 bits per heavy atom. The molecule has 0 saturated heterocycles. The van der Waals surface area contributed by atoms with Gasteiger partial charge in [0.1, 0.15) is 0 Å². The maximum atomic E-state index is 3.64. The van der Waals surface area contributed by atoms with E-state index in [2.05, 4.69) is 82.8 Å². The van der Waals surface area contributed by atoms with Crippen molar-refractivity contribution in [2.75, 3.05) is 5.32 Å². The Labute approximate surface area is 124 Å². The van der Waals surface area contributed by atoms with Crippen LogP contribution in [0.2, 0.25) is 0 Å². The first-order valence-electron chi connectivity index (χ1n) is 6.86. The van der Waals surface area contributed by atoms with Crippen molar-refractivity contribution in [3.8, 4) is 0 Å². The summed E-state index contributed by atoms with van der Waals surface area (Å²) in [4.78, 5) is 0. The molecule has 1 N–H and O–H groups in total. The topological polar surface area (TPSA) is 12.0 Å². The van der Waals surface area contributed by atoms with Crippen LogP contribution in [0.1, 0.15) is 37.8 Å². The van der Waals surface area contributed by atoms with Crippen molar-refractivity contribution >= 4 is 21.6 Å². The van der Waals surface area contributed by atoms with Gasteiger partial charge < -0.3 is 5.32 Å². The molecule has 19 heavy (non-hydrogen) atoms. The summed E-state index contributed by atoms with van der Waals surface area (Å²) in [7, 11) is 0. The van der Waals surface area contributed by atoms with Crippen molar-refractivity contribution < 1.29 is 0 Å². The Bertz CT molecular complexity index is 496. The fraction of sp³-hybridized carbons (Fsp3) is 0.294. The number of halogens is 1. The first kappa shape index (κ1) is 14.1. The van der Waals surface area contributed by atoms with E-state index in [0.29, 0.717) is 6.04 Å². The number of hydrogen-bond donors (Lipinski definition) is 1. The average molecular weight is 318 g/mol. The van der Waals surface area contributed by atoms with Gasteiger partial charge in [0.15, 0.2) is 0 Å². The predicted molar refractivity (Wildman–Crippen MR) is 86.5 cm³/mol. The van der Waals surface area contributed by atoms with E-state index in [0.717, 1.165) is 10.9 Å². The van der Waals surface area contributed by atoms with Crippen LogP contribution >= 0.6 is 15.9 Å². The van der Waals surface area contributed by atoms with Gasteiger partial charge in [-0.3, -0.25) is 0 Å². The van der Waals surface area contributed by atoms with Crippen LogP contribution in [-0.4, -0.2) is 0 Å². The molecule has 0 aliphatic carbocycles. The molecule has 0 amide bonds. The van der Waals surface area contributed by atoms with E-state index in [9.17, 15) is 0 Å². The normalized spacial score (nSPS) is 12.1. The highest BCUT2D eigenvalue weighted by molar-refractivity contribution is 9.10. The molecule has 0 aromatic heterocycles. The van der Waals surface area contributed by atoms with Crippen LogP contribution in [0.25, 0.3) is 0 Å². The summed E-state index contributed by atoms with van der Waals surface area (Å²) >= 11 is 3.52. The molecule has 1 nitrogen and oxygen atoms in total. The summed E-state index contributed by atoms with van der Waals surface area (Å²) in [6.07, 6.45) is 3.62. The Balaban J connectivity index is 2.14. The number of anilines is 1. The third-order valence-corrected chi connectivity index (χ3v) is 3.71. The summed E-state index contributed by atoms with van der Waals surface area (Å²) in [5, 5.41) is 3.64. The van der Waals surface area contributed by atoms with E-state index in [-0.39, 0.29) is 0 Å². The van der Waals surface area contributed by atoms with E-state index < -0.39 is 0 Å². The van der Waals surface area contributed by atoms with Crippen molar-refractivity contribution in [1.29, 1.82) is 0 Å². The average Bonchev–Trinajstić information content (AvgIpc) is 2.44. The van der Waals surface area contributed by atoms with Crippen LogP contribution in [0.5, 0.6) is 0 Å². The second-order valence-corrected chi connectivity index (χ2v) is 5.68. The molecule has 0 fully saturated rings. The number of hydrogen-bond acceptors (Lipinski definition) is 1. The Morgan fingerprint density at radius 1 is 1.05 bits per heavy atom. The first-order valence-corrected chi connectivity index (χ1v) is 7.66. The number of rotatable bonds is 6. The molecule has 0 aliphatic heterocycles. The lowest BCUT2D eigenvalue weighted by atomic mass is 10.0. The van der Waals surface area contributed by atoms with Gasteiger partial charge in [0.25, 0.3) is 0 Å². The van der Waals surface area contributed by atoms with E-state index in [1.807, 2.05) is 0 Å². The monoisotopic (exact) mass is 317 g/mol. The van der Waals surface area contributed by atoms with Gasteiger partial charge in [-0.25, -0.2) is 0 Å². The molecule has 2 rings (SSSR count). The Hall–Kier alpha value is -1.28. The van der Waals surface area contributed by atoms with Gasteiger partial charge >= 0.3 is 0 Å². The molecule has 0 spiro atoms. The predicted octanol–water partition coefficient (Wildman–Crippen LogP) is 5.79. The fourth-order valence-electron chi connectivity index (χ4n) is 2.20. The summed E-state index contributed by atoms with van der Waals surface area (Å²) < 4.78 is 1.11. The second-order valence-electron chi connectivity index (χ2n) is 4.76. The molecule has 0 bridgehead atoms. The van der Waals surface area contributed by atoms with Crippen LogP contribution in [0, 0.1) is 0 Å². The summed E-state index contributed by atoms with van der Waals surface area (Å²) in [6.45, 7) is 2.24. The maximum absolute atomic E-state index is 3.64. The zero-order chi connectivity index (χ0) is 13.5. The van der Waals surface area contributed by atoms with Crippen LogP contribution in [-0.2, 0) is 0 Å². The van der Waals surface area contributed by atoms with E-state index >= 15 is 0 Å². The van der Waals surface area contributed by atoms with Crippen LogP contribution in [0.3, 0.4) is 0 Å². The molecule has 0 aliphatic rings. The largest absolute Gasteiger partial charge is 0.378 e. The summed E-state index contributed by atoms with van der Waals surface area (Å²) in [5.41, 5.74) is 2.52. The molecular weight excluding hydrogens is 298 g/mol. The molecule has 2 aromatic carbocycles. The summed E-state index contributed by atoms with van der Waals surface area (Å²) in [6, 6.07) is 19.4. The minimum absolute atomic E-state index is 0.385. The minimum atomic E-state index is 0.385. The lowest BCUT2D eigenvalue weighted by Gasteiger charge is -2.20. The third kappa shape index (κ3) is 4.39. The van der Waals surface area contributed by atoms with Crippen molar-refractivity contribution in [3.05, 3.63) is 64.6 Å². The lowest BCUT2D eigenvalue weighted by molar-refractivity contribution is 0.634. The van der Waals surface area contributed by atoms with Gasteiger partial charge in [-0.05, 0) is 30.2 Å². The minimum Gasteiger partial charge on any atom is -0.378 e. The molecular formula is C17H20BrN. The SMILES string of the molecule is CCCCC(Nc1cccc(Br)c1)c1ccccc1. The number of unbranched alkanes of at least 4 members (excludes halogenated alkanes) is 1. The van der Waals surface area contributed by atoms with Gasteiger partial charge in [-0.15, -0.1) is 0 Å². The van der Waals surface area contributed by atoms with E-state index in [4.69, 9.17) is 0 Å².